The number of carbonyl (C=O) groups excluding carboxylic acids is 1. The molecule has 0 bridgehead atoms. The maximum atomic E-state index is 14.2. The standard InChI is InChI=1S/C35H44N4O3S2/c1-4-7-27-9-11-30(43-27)31-12-13-32(44-31)33(42)28-10-8-24(20-35(28)14-5-6-15-35)29(39-34(36)37-3)18-23-16-25(19-26(41)17-23)38-21-22(2)40/h9,11-13,16-17,19,22,24,28-29,38,40-41H,5-6,8,10,14-15,18,20-21H2,1-3H3,(H3,36,37,39)/t22-,24-,28+,29+/m0/s1. The molecule has 2 saturated carbocycles. The molecule has 0 radical (unpaired) electrons. The lowest BCUT2D eigenvalue weighted by molar-refractivity contribution is 0.0411. The van der Waals surface area contributed by atoms with Crippen molar-refractivity contribution in [2.24, 2.45) is 28.0 Å². The van der Waals surface area contributed by atoms with Crippen LogP contribution in [-0.4, -0.2) is 47.7 Å². The molecule has 5 rings (SSSR count). The zero-order valence-electron chi connectivity index (χ0n) is 25.9. The average molecular weight is 633 g/mol. The first-order valence-electron chi connectivity index (χ1n) is 15.6. The lowest BCUT2D eigenvalue weighted by atomic mass is 9.59. The molecule has 4 atom stereocenters. The summed E-state index contributed by atoms with van der Waals surface area (Å²) >= 11 is 3.29. The zero-order valence-corrected chi connectivity index (χ0v) is 27.5. The first-order valence-corrected chi connectivity index (χ1v) is 17.2. The molecule has 0 aliphatic heterocycles. The van der Waals surface area contributed by atoms with Crippen molar-refractivity contribution >= 4 is 40.1 Å². The van der Waals surface area contributed by atoms with E-state index in [2.05, 4.69) is 45.7 Å². The van der Waals surface area contributed by atoms with E-state index in [0.717, 1.165) is 75.7 Å². The van der Waals surface area contributed by atoms with Gasteiger partial charge in [-0.1, -0.05) is 18.8 Å². The van der Waals surface area contributed by atoms with Gasteiger partial charge in [-0.05, 0) is 106 Å². The minimum Gasteiger partial charge on any atom is -0.508 e. The van der Waals surface area contributed by atoms with Crippen LogP contribution in [0.5, 0.6) is 5.75 Å². The number of benzene rings is 1. The van der Waals surface area contributed by atoms with Crippen molar-refractivity contribution < 1.29 is 15.0 Å². The molecule has 9 heteroatoms. The van der Waals surface area contributed by atoms with Crippen molar-refractivity contribution in [3.05, 3.63) is 57.8 Å². The van der Waals surface area contributed by atoms with E-state index in [9.17, 15) is 15.0 Å². The first-order chi connectivity index (χ1) is 21.2. The van der Waals surface area contributed by atoms with Gasteiger partial charge in [0.05, 0.1) is 15.9 Å². The molecule has 44 heavy (non-hydrogen) atoms. The van der Waals surface area contributed by atoms with Crippen LogP contribution >= 0.6 is 22.7 Å². The highest BCUT2D eigenvalue weighted by Gasteiger charge is 2.50. The van der Waals surface area contributed by atoms with Crippen LogP contribution in [0, 0.1) is 29.1 Å². The van der Waals surface area contributed by atoms with Gasteiger partial charge in [0, 0.05) is 47.1 Å². The monoisotopic (exact) mass is 632 g/mol. The maximum absolute atomic E-state index is 14.2. The number of ketones is 1. The second-order valence-electron chi connectivity index (χ2n) is 12.4. The number of thiophene rings is 2. The Bertz CT molecular complexity index is 1540. The van der Waals surface area contributed by atoms with E-state index in [-0.39, 0.29) is 23.1 Å². The van der Waals surface area contributed by atoms with Crippen LogP contribution < -0.4 is 16.4 Å². The molecule has 2 fully saturated rings. The van der Waals surface area contributed by atoms with E-state index >= 15 is 0 Å². The number of anilines is 1. The SMILES string of the molecule is CC#Cc1ccc(-c2ccc(C(=O)[C@H]3CC[C@H]([C@@H](Cc4cc(O)cc(NC[C@H](C)O)c4)NC(N)=NC)CC34CCCC4)s2)s1. The summed E-state index contributed by atoms with van der Waals surface area (Å²) < 4.78 is 0. The van der Waals surface area contributed by atoms with E-state index in [1.54, 1.807) is 48.8 Å². The molecule has 7 nitrogen and oxygen atoms in total. The number of nitrogens with two attached hydrogens (primary N) is 1. The molecular weight excluding hydrogens is 589 g/mol. The summed E-state index contributed by atoms with van der Waals surface area (Å²) in [7, 11) is 1.68. The fourth-order valence-electron chi connectivity index (χ4n) is 7.28. The third-order valence-corrected chi connectivity index (χ3v) is 11.6. The Labute approximate surface area is 269 Å². The molecule has 2 aliphatic carbocycles. The second-order valence-corrected chi connectivity index (χ2v) is 14.6. The molecule has 6 N–H and O–H groups in total. The van der Waals surface area contributed by atoms with Gasteiger partial charge in [-0.2, -0.15) is 0 Å². The van der Waals surface area contributed by atoms with Gasteiger partial charge in [-0.3, -0.25) is 9.79 Å². The molecule has 3 aromatic rings. The number of phenolic OH excluding ortho intramolecular Hbond substituents is 1. The fourth-order valence-corrected chi connectivity index (χ4v) is 9.28. The molecule has 234 valence electrons. The van der Waals surface area contributed by atoms with Crippen LogP contribution in [0.25, 0.3) is 9.75 Å². The number of aliphatic hydroxyl groups is 1. The lowest BCUT2D eigenvalue weighted by Gasteiger charge is -2.46. The maximum Gasteiger partial charge on any atom is 0.188 e. The number of aliphatic hydroxyl groups excluding tert-OH is 1. The summed E-state index contributed by atoms with van der Waals surface area (Å²) in [4.78, 5) is 22.6. The Morgan fingerprint density at radius 2 is 1.89 bits per heavy atom. The summed E-state index contributed by atoms with van der Waals surface area (Å²) in [5, 5.41) is 26.9. The highest BCUT2D eigenvalue weighted by atomic mass is 32.1. The number of nitrogens with zero attached hydrogens (tertiary/aromatic N) is 1. The Kier molecular flexibility index (Phi) is 10.3. The number of aliphatic imine (C=N–C) groups is 1. The van der Waals surface area contributed by atoms with Gasteiger partial charge in [0.15, 0.2) is 11.7 Å². The third-order valence-electron chi connectivity index (χ3n) is 9.27. The molecule has 0 unspecified atom stereocenters. The van der Waals surface area contributed by atoms with Crippen molar-refractivity contribution in [2.75, 3.05) is 18.9 Å². The smallest absolute Gasteiger partial charge is 0.188 e. The van der Waals surface area contributed by atoms with Crippen molar-refractivity contribution in [1.82, 2.24) is 5.32 Å². The van der Waals surface area contributed by atoms with Crippen molar-refractivity contribution in [3.63, 3.8) is 0 Å². The van der Waals surface area contributed by atoms with Crippen molar-refractivity contribution in [2.45, 2.75) is 77.4 Å². The predicted molar refractivity (Wildman–Crippen MR) is 183 cm³/mol. The van der Waals surface area contributed by atoms with Crippen LogP contribution in [0.15, 0.2) is 47.5 Å². The van der Waals surface area contributed by atoms with Gasteiger partial charge in [0.2, 0.25) is 0 Å². The second kappa shape index (κ2) is 14.2. The van der Waals surface area contributed by atoms with E-state index in [1.165, 1.54) is 0 Å². The van der Waals surface area contributed by atoms with Crippen LogP contribution in [0.1, 0.15) is 78.9 Å². The van der Waals surface area contributed by atoms with Gasteiger partial charge in [0.25, 0.3) is 0 Å². The van der Waals surface area contributed by atoms with Gasteiger partial charge in [0.1, 0.15) is 5.75 Å². The summed E-state index contributed by atoms with van der Waals surface area (Å²) in [5.74, 6) is 7.30. The molecule has 1 aromatic carbocycles. The Morgan fingerprint density at radius 3 is 2.61 bits per heavy atom. The number of rotatable bonds is 10. The molecule has 2 aliphatic rings. The number of Topliss-reactive ketones (excluding diaryl/α,β-unsaturated/α-hetero) is 1. The third kappa shape index (κ3) is 7.48. The summed E-state index contributed by atoms with van der Waals surface area (Å²) in [6.07, 6.45) is 7.36. The van der Waals surface area contributed by atoms with Crippen LogP contribution in [0.2, 0.25) is 0 Å². The number of hydrogen-bond acceptors (Lipinski definition) is 7. The summed E-state index contributed by atoms with van der Waals surface area (Å²) in [6, 6.07) is 13.8. The number of nitrogens with one attached hydrogen (secondary N) is 2. The highest BCUT2D eigenvalue weighted by molar-refractivity contribution is 7.23. The Morgan fingerprint density at radius 1 is 1.14 bits per heavy atom. The summed E-state index contributed by atoms with van der Waals surface area (Å²) in [5.41, 5.74) is 7.96. The van der Waals surface area contributed by atoms with E-state index < -0.39 is 6.10 Å². The normalized spacial score (nSPS) is 21.0. The molecule has 0 amide bonds. The molecule has 2 heterocycles. The molecule has 1 spiro atoms. The van der Waals surface area contributed by atoms with Gasteiger partial charge < -0.3 is 26.6 Å². The zero-order chi connectivity index (χ0) is 31.3. The largest absolute Gasteiger partial charge is 0.508 e. The number of carbonyl (C=O) groups is 1. The minimum absolute atomic E-state index is 0.00577. The van der Waals surface area contributed by atoms with Crippen LogP contribution in [0.3, 0.4) is 0 Å². The van der Waals surface area contributed by atoms with Crippen LogP contribution in [-0.2, 0) is 6.42 Å². The number of guanidine groups is 1. The minimum atomic E-state index is -0.499. The van der Waals surface area contributed by atoms with Gasteiger partial charge in [-0.25, -0.2) is 0 Å². The average Bonchev–Trinajstić information content (AvgIpc) is 3.77. The predicted octanol–water partition coefficient (Wildman–Crippen LogP) is 6.65. The van der Waals surface area contributed by atoms with E-state index in [0.29, 0.717) is 30.6 Å². The van der Waals surface area contributed by atoms with Gasteiger partial charge in [-0.15, -0.1) is 28.6 Å². The van der Waals surface area contributed by atoms with Crippen LogP contribution in [0.4, 0.5) is 5.69 Å². The van der Waals surface area contributed by atoms with Crippen molar-refractivity contribution in [1.29, 1.82) is 0 Å². The lowest BCUT2D eigenvalue weighted by Crippen LogP contribution is -2.50. The topological polar surface area (TPSA) is 120 Å². The summed E-state index contributed by atoms with van der Waals surface area (Å²) in [6.45, 7) is 3.97. The van der Waals surface area contributed by atoms with Crippen molar-refractivity contribution in [3.8, 4) is 27.3 Å². The Hall–Kier alpha value is -3.32. The molecule has 2 aromatic heterocycles. The van der Waals surface area contributed by atoms with E-state index in [4.69, 9.17) is 5.73 Å². The first kappa shape index (κ1) is 32.1. The number of aromatic hydroxyl groups is 1. The fraction of sp³-hybridized carbons (Fsp3) is 0.486. The Balaban J connectivity index is 1.36. The molecular formula is C35H44N4O3S2. The number of hydrogen-bond donors (Lipinski definition) is 5. The number of phenols is 1. The highest BCUT2D eigenvalue weighted by Crippen LogP contribution is 2.56. The van der Waals surface area contributed by atoms with E-state index in [1.807, 2.05) is 19.1 Å². The molecule has 0 saturated heterocycles. The van der Waals surface area contributed by atoms with Gasteiger partial charge >= 0.3 is 0 Å². The quantitative estimate of drug-likeness (QED) is 0.0739.